The van der Waals surface area contributed by atoms with Crippen LogP contribution in [0, 0.1) is 13.8 Å². The van der Waals surface area contributed by atoms with E-state index < -0.39 is 5.91 Å². The van der Waals surface area contributed by atoms with Crippen LogP contribution in [-0.4, -0.2) is 21.2 Å². The number of aromatic hydroxyl groups is 1. The second-order valence-electron chi connectivity index (χ2n) is 6.41. The number of anilines is 1. The topological polar surface area (TPSA) is 113 Å². The minimum absolute atomic E-state index is 0.0909. The summed E-state index contributed by atoms with van der Waals surface area (Å²) in [5.41, 5.74) is 1.69. The van der Waals surface area contributed by atoms with Crippen LogP contribution < -0.4 is 5.32 Å². The molecule has 0 aliphatic rings. The van der Waals surface area contributed by atoms with Crippen molar-refractivity contribution in [2.24, 2.45) is 10.2 Å². The van der Waals surface area contributed by atoms with Crippen molar-refractivity contribution in [3.63, 3.8) is 0 Å². The van der Waals surface area contributed by atoms with Crippen LogP contribution in [0.5, 0.6) is 5.75 Å². The van der Waals surface area contributed by atoms with E-state index >= 15 is 0 Å². The zero-order valence-corrected chi connectivity index (χ0v) is 15.7. The van der Waals surface area contributed by atoms with Gasteiger partial charge in [0.25, 0.3) is 11.8 Å². The maximum absolute atomic E-state index is 12.9. The number of pyridine rings is 1. The Labute approximate surface area is 165 Å². The summed E-state index contributed by atoms with van der Waals surface area (Å²) < 4.78 is 5.12. The molecule has 8 heteroatoms. The molecule has 0 unspecified atom stereocenters. The molecule has 0 saturated carbocycles. The van der Waals surface area contributed by atoms with Crippen molar-refractivity contribution < 1.29 is 14.4 Å². The van der Waals surface area contributed by atoms with Gasteiger partial charge in [-0.15, -0.1) is 10.2 Å². The van der Waals surface area contributed by atoms with Gasteiger partial charge < -0.3 is 14.9 Å². The summed E-state index contributed by atoms with van der Waals surface area (Å²) in [4.78, 5) is 17.0. The lowest BCUT2D eigenvalue weighted by Crippen LogP contribution is -2.13. The van der Waals surface area contributed by atoms with Crippen LogP contribution in [0.2, 0.25) is 0 Å². The molecule has 0 aliphatic heterocycles. The van der Waals surface area contributed by atoms with Crippen LogP contribution >= 0.6 is 0 Å². The van der Waals surface area contributed by atoms with Crippen molar-refractivity contribution in [3.05, 3.63) is 71.5 Å². The summed E-state index contributed by atoms with van der Waals surface area (Å²) in [6.07, 6.45) is 1.57. The summed E-state index contributed by atoms with van der Waals surface area (Å²) in [6.45, 7) is 3.61. The van der Waals surface area contributed by atoms with Crippen molar-refractivity contribution in [2.75, 3.05) is 5.32 Å². The van der Waals surface area contributed by atoms with Crippen molar-refractivity contribution in [2.45, 2.75) is 13.8 Å². The second kappa shape index (κ2) is 7.51. The molecule has 0 saturated heterocycles. The maximum atomic E-state index is 12.9. The summed E-state index contributed by atoms with van der Waals surface area (Å²) >= 11 is 0. The van der Waals surface area contributed by atoms with Crippen molar-refractivity contribution in [1.29, 1.82) is 0 Å². The summed E-state index contributed by atoms with van der Waals surface area (Å²) in [5, 5.41) is 26.8. The molecule has 2 heterocycles. The van der Waals surface area contributed by atoms with Crippen molar-refractivity contribution in [3.8, 4) is 5.75 Å². The lowest BCUT2D eigenvalue weighted by Gasteiger charge is -2.11. The van der Waals surface area contributed by atoms with Crippen LogP contribution in [0.15, 0.2) is 69.5 Å². The monoisotopic (exact) mass is 387 g/mol. The Morgan fingerprint density at radius 3 is 2.62 bits per heavy atom. The van der Waals surface area contributed by atoms with Crippen LogP contribution in [0.3, 0.4) is 0 Å². The number of aryl methyl sites for hydroxylation is 1. The van der Waals surface area contributed by atoms with Gasteiger partial charge in [-0.05, 0) is 42.8 Å². The van der Waals surface area contributed by atoms with Crippen LogP contribution in [0.1, 0.15) is 21.6 Å². The number of fused-ring (bicyclic) bond motifs is 1. The van der Waals surface area contributed by atoms with E-state index in [0.717, 1.165) is 10.9 Å². The highest BCUT2D eigenvalue weighted by molar-refractivity contribution is 6.16. The van der Waals surface area contributed by atoms with Gasteiger partial charge >= 0.3 is 0 Å². The fraction of sp³-hybridized carbons (Fsp3) is 0.0952. The first kappa shape index (κ1) is 18.3. The SMILES string of the molecule is Cc1noc(/N=N/c2cc3ccccc3c(C(=O)Nc3ccccn3)c2O)c1C. The fourth-order valence-corrected chi connectivity index (χ4v) is 2.84. The lowest BCUT2D eigenvalue weighted by atomic mass is 10.0. The molecule has 0 bridgehead atoms. The molecule has 2 aromatic heterocycles. The van der Waals surface area contributed by atoms with E-state index in [9.17, 15) is 9.90 Å². The van der Waals surface area contributed by atoms with E-state index in [4.69, 9.17) is 4.52 Å². The second-order valence-corrected chi connectivity index (χ2v) is 6.41. The molecular formula is C21H17N5O3. The number of benzene rings is 2. The van der Waals surface area contributed by atoms with Gasteiger partial charge in [0.15, 0.2) is 5.75 Å². The number of phenols is 1. The molecule has 0 spiro atoms. The average Bonchev–Trinajstić information content (AvgIpc) is 3.05. The number of carbonyl (C=O) groups is 1. The zero-order chi connectivity index (χ0) is 20.4. The first-order valence-corrected chi connectivity index (χ1v) is 8.86. The van der Waals surface area contributed by atoms with E-state index in [-0.39, 0.29) is 22.9 Å². The predicted octanol–water partition coefficient (Wildman–Crippen LogP) is 5.21. The summed E-state index contributed by atoms with van der Waals surface area (Å²) in [5.74, 6) is -0.161. The van der Waals surface area contributed by atoms with Crippen molar-refractivity contribution in [1.82, 2.24) is 10.1 Å². The number of hydrogen-bond acceptors (Lipinski definition) is 7. The average molecular weight is 387 g/mol. The molecule has 144 valence electrons. The molecule has 4 rings (SSSR count). The van der Waals surface area contributed by atoms with Gasteiger partial charge in [0.1, 0.15) is 11.5 Å². The molecule has 0 aliphatic carbocycles. The molecule has 0 radical (unpaired) electrons. The highest BCUT2D eigenvalue weighted by Crippen LogP contribution is 2.38. The Bertz CT molecular complexity index is 1230. The molecule has 0 atom stereocenters. The smallest absolute Gasteiger partial charge is 0.272 e. The number of aromatic nitrogens is 2. The van der Waals surface area contributed by atoms with Crippen LogP contribution in [0.4, 0.5) is 17.4 Å². The lowest BCUT2D eigenvalue weighted by molar-refractivity contribution is 0.102. The third kappa shape index (κ3) is 3.55. The molecule has 0 fully saturated rings. The number of rotatable bonds is 4. The highest BCUT2D eigenvalue weighted by atomic mass is 16.5. The van der Waals surface area contributed by atoms with Gasteiger partial charge in [0.05, 0.1) is 11.3 Å². The minimum atomic E-state index is -0.499. The van der Waals surface area contributed by atoms with E-state index in [1.807, 2.05) is 19.1 Å². The largest absolute Gasteiger partial charge is 0.505 e. The van der Waals surface area contributed by atoms with Crippen molar-refractivity contribution >= 4 is 34.1 Å². The van der Waals surface area contributed by atoms with Crippen LogP contribution in [-0.2, 0) is 0 Å². The van der Waals surface area contributed by atoms with Gasteiger partial charge in [-0.2, -0.15) is 0 Å². The van der Waals surface area contributed by atoms with E-state index in [2.05, 4.69) is 25.7 Å². The maximum Gasteiger partial charge on any atom is 0.272 e. The van der Waals surface area contributed by atoms with Gasteiger partial charge in [0.2, 0.25) is 0 Å². The minimum Gasteiger partial charge on any atom is -0.505 e. The van der Waals surface area contributed by atoms with Gasteiger partial charge in [-0.3, -0.25) is 4.79 Å². The summed E-state index contributed by atoms with van der Waals surface area (Å²) in [7, 11) is 0. The van der Waals surface area contributed by atoms with E-state index in [1.165, 1.54) is 0 Å². The molecule has 1 amide bonds. The summed E-state index contributed by atoms with van der Waals surface area (Å²) in [6, 6.07) is 14.0. The Morgan fingerprint density at radius 2 is 1.90 bits per heavy atom. The number of amides is 1. The van der Waals surface area contributed by atoms with Crippen LogP contribution in [0.25, 0.3) is 10.8 Å². The first-order valence-electron chi connectivity index (χ1n) is 8.86. The highest BCUT2D eigenvalue weighted by Gasteiger charge is 2.20. The molecule has 2 N–H and O–H groups in total. The fourth-order valence-electron chi connectivity index (χ4n) is 2.84. The van der Waals surface area contributed by atoms with Gasteiger partial charge in [0, 0.05) is 11.8 Å². The number of hydrogen-bond donors (Lipinski definition) is 2. The molecule has 2 aromatic carbocycles. The predicted molar refractivity (Wildman–Crippen MR) is 108 cm³/mol. The van der Waals surface area contributed by atoms with Gasteiger partial charge in [-0.1, -0.05) is 35.5 Å². The molecular weight excluding hydrogens is 370 g/mol. The van der Waals surface area contributed by atoms with E-state index in [0.29, 0.717) is 16.9 Å². The number of nitrogens with one attached hydrogen (secondary N) is 1. The number of carbonyl (C=O) groups excluding carboxylic acids is 1. The molecule has 4 aromatic rings. The normalized spacial score (nSPS) is 11.2. The standard InChI is InChI=1S/C21H17N5O3/c1-12-13(2)26-29-21(12)25-24-16-11-14-7-3-4-8-15(14)18(19(16)27)20(28)23-17-9-5-6-10-22-17/h3-11,27H,1-2H3,(H,22,23,28)/b25-24+. The zero-order valence-electron chi connectivity index (χ0n) is 15.7. The van der Waals surface area contributed by atoms with Gasteiger partial charge in [-0.25, -0.2) is 4.98 Å². The van der Waals surface area contributed by atoms with E-state index in [1.54, 1.807) is 49.5 Å². The quantitative estimate of drug-likeness (QED) is 0.467. The number of phenolic OH excluding ortho intramolecular Hbond substituents is 1. The molecule has 8 nitrogen and oxygen atoms in total. The Hall–Kier alpha value is -4.07. The number of azo groups is 1. The Kier molecular flexibility index (Phi) is 4.74. The first-order chi connectivity index (χ1) is 14.0. The molecule has 29 heavy (non-hydrogen) atoms. The Balaban J connectivity index is 1.79. The Morgan fingerprint density at radius 1 is 1.10 bits per heavy atom. The number of nitrogens with zero attached hydrogens (tertiary/aromatic N) is 4. The third-order valence-electron chi connectivity index (χ3n) is 4.52. The third-order valence-corrected chi connectivity index (χ3v) is 4.52.